The molecule has 1 amide bonds. The Morgan fingerprint density at radius 3 is 2.66 bits per heavy atom. The van der Waals surface area contributed by atoms with Gasteiger partial charge in [0.2, 0.25) is 0 Å². The third-order valence-electron chi connectivity index (χ3n) is 4.10. The van der Waals surface area contributed by atoms with Gasteiger partial charge >= 0.3 is 0 Å². The lowest BCUT2D eigenvalue weighted by Crippen LogP contribution is -2.33. The highest BCUT2D eigenvalue weighted by molar-refractivity contribution is 6.00. The van der Waals surface area contributed by atoms with Crippen LogP contribution in [0.15, 0.2) is 65.8 Å². The van der Waals surface area contributed by atoms with Crippen LogP contribution in [0, 0.1) is 15.9 Å². The second-order valence-electron chi connectivity index (χ2n) is 5.94. The molecule has 0 bridgehead atoms. The van der Waals surface area contributed by atoms with Gasteiger partial charge in [0.05, 0.1) is 16.8 Å². The van der Waals surface area contributed by atoms with Crippen molar-refractivity contribution in [1.82, 2.24) is 19.4 Å². The molecule has 2 aromatic heterocycles. The van der Waals surface area contributed by atoms with Crippen molar-refractivity contribution in [3.63, 3.8) is 0 Å². The van der Waals surface area contributed by atoms with E-state index in [1.807, 2.05) is 0 Å². The molecule has 0 fully saturated rings. The first-order chi connectivity index (χ1) is 13.9. The summed E-state index contributed by atoms with van der Waals surface area (Å²) in [5.74, 6) is -1.13. The first-order valence-corrected chi connectivity index (χ1v) is 8.21. The van der Waals surface area contributed by atoms with Crippen molar-refractivity contribution in [3.05, 3.63) is 92.9 Å². The Kier molecular flexibility index (Phi) is 4.31. The maximum atomic E-state index is 13.1. The lowest BCUT2D eigenvalue weighted by molar-refractivity contribution is -0.384. The van der Waals surface area contributed by atoms with E-state index in [1.54, 1.807) is 0 Å². The fourth-order valence-electron chi connectivity index (χ4n) is 2.70. The molecule has 4 rings (SSSR count). The highest BCUT2D eigenvalue weighted by Gasteiger charge is 2.15. The summed E-state index contributed by atoms with van der Waals surface area (Å²) in [6.45, 7) is 0. The van der Waals surface area contributed by atoms with Gasteiger partial charge in [-0.25, -0.2) is 18.7 Å². The molecule has 1 N–H and O–H groups in total. The average Bonchev–Trinajstić information content (AvgIpc) is 3.15. The van der Waals surface area contributed by atoms with Crippen LogP contribution in [0.5, 0.6) is 0 Å². The van der Waals surface area contributed by atoms with Gasteiger partial charge in [0, 0.05) is 17.7 Å². The van der Waals surface area contributed by atoms with Gasteiger partial charge in [0.1, 0.15) is 17.5 Å². The van der Waals surface area contributed by atoms with Crippen molar-refractivity contribution in [2.45, 2.75) is 0 Å². The lowest BCUT2D eigenvalue weighted by atomic mass is 10.2. The summed E-state index contributed by atoms with van der Waals surface area (Å²) in [4.78, 5) is 39.4. The number of halogens is 1. The predicted molar refractivity (Wildman–Crippen MR) is 99.9 cm³/mol. The van der Waals surface area contributed by atoms with Gasteiger partial charge in [0.15, 0.2) is 5.65 Å². The zero-order chi connectivity index (χ0) is 20.5. The molecule has 4 aromatic rings. The molecule has 0 aliphatic heterocycles. The minimum atomic E-state index is -0.720. The molecule has 2 heterocycles. The van der Waals surface area contributed by atoms with E-state index in [4.69, 9.17) is 0 Å². The van der Waals surface area contributed by atoms with Crippen LogP contribution in [0.1, 0.15) is 10.4 Å². The number of aromatic nitrogens is 4. The largest absolute Gasteiger partial charge is 0.283 e. The third-order valence-corrected chi connectivity index (χ3v) is 4.10. The Morgan fingerprint density at radius 1 is 1.17 bits per heavy atom. The Morgan fingerprint density at radius 2 is 1.93 bits per heavy atom. The molecule has 0 aliphatic carbocycles. The fourth-order valence-corrected chi connectivity index (χ4v) is 2.70. The zero-order valence-electron chi connectivity index (χ0n) is 14.5. The topological polar surface area (TPSA) is 125 Å². The van der Waals surface area contributed by atoms with Crippen LogP contribution >= 0.6 is 0 Å². The molecular formula is C18H11FN6O4. The number of carbonyl (C=O) groups is 1. The molecular weight excluding hydrogens is 383 g/mol. The number of carbonyl (C=O) groups excluding carboxylic acids is 1. The Balaban J connectivity index is 1.67. The number of nitrogens with one attached hydrogen (secondary N) is 1. The van der Waals surface area contributed by atoms with Crippen molar-refractivity contribution >= 4 is 22.6 Å². The van der Waals surface area contributed by atoms with E-state index in [0.717, 1.165) is 17.1 Å². The van der Waals surface area contributed by atoms with E-state index < -0.39 is 22.2 Å². The molecule has 2 aromatic carbocycles. The van der Waals surface area contributed by atoms with Crippen molar-refractivity contribution in [2.24, 2.45) is 0 Å². The van der Waals surface area contributed by atoms with E-state index in [2.05, 4.69) is 15.5 Å². The van der Waals surface area contributed by atoms with Crippen LogP contribution in [0.3, 0.4) is 0 Å². The molecule has 0 spiro atoms. The number of hydrogen-bond acceptors (Lipinski definition) is 6. The molecule has 0 atom stereocenters. The fraction of sp³-hybridized carbons (Fsp3) is 0. The molecule has 144 valence electrons. The average molecular weight is 394 g/mol. The van der Waals surface area contributed by atoms with Gasteiger partial charge in [-0.2, -0.15) is 5.10 Å². The number of fused-ring (bicyclic) bond motifs is 1. The summed E-state index contributed by atoms with van der Waals surface area (Å²) < 4.78 is 15.3. The van der Waals surface area contributed by atoms with Gasteiger partial charge in [-0.15, -0.1) is 0 Å². The van der Waals surface area contributed by atoms with E-state index >= 15 is 0 Å². The molecule has 11 heteroatoms. The normalized spacial score (nSPS) is 10.8. The van der Waals surface area contributed by atoms with Gasteiger partial charge in [-0.3, -0.25) is 25.1 Å². The van der Waals surface area contributed by atoms with Gasteiger partial charge in [0.25, 0.3) is 17.2 Å². The molecule has 0 saturated heterocycles. The van der Waals surface area contributed by atoms with Crippen LogP contribution in [0.2, 0.25) is 0 Å². The van der Waals surface area contributed by atoms with Crippen LogP contribution in [0.25, 0.3) is 16.7 Å². The molecule has 0 aliphatic rings. The van der Waals surface area contributed by atoms with Crippen molar-refractivity contribution in [1.29, 1.82) is 0 Å². The summed E-state index contributed by atoms with van der Waals surface area (Å²) in [6, 6.07) is 10.6. The number of rotatable bonds is 4. The van der Waals surface area contributed by atoms with Gasteiger partial charge in [-0.1, -0.05) is 6.07 Å². The minimum absolute atomic E-state index is 0.00760. The molecule has 10 nitrogen and oxygen atoms in total. The lowest BCUT2D eigenvalue weighted by Gasteiger charge is -2.08. The zero-order valence-corrected chi connectivity index (χ0v) is 14.5. The second-order valence-corrected chi connectivity index (χ2v) is 5.94. The number of nitro benzene ring substituents is 1. The van der Waals surface area contributed by atoms with Crippen molar-refractivity contribution < 1.29 is 14.1 Å². The summed E-state index contributed by atoms with van der Waals surface area (Å²) >= 11 is 0. The SMILES string of the molecule is O=C(Nn1cnc2c(cnn2-c2ccc(F)cc2)c1=O)c1cccc([N+](=O)[O-])c1. The Bertz CT molecular complexity index is 1310. The number of hydrogen-bond donors (Lipinski definition) is 1. The van der Waals surface area contributed by atoms with E-state index in [1.165, 1.54) is 53.3 Å². The number of amides is 1. The standard InChI is InChI=1S/C18H11FN6O4/c19-12-4-6-13(7-5-12)24-16-15(9-21-24)18(27)23(10-20-16)22-17(26)11-2-1-3-14(8-11)25(28)29/h1-10H,(H,22,26). The highest BCUT2D eigenvalue weighted by atomic mass is 19.1. The quantitative estimate of drug-likeness (QED) is 0.417. The smallest absolute Gasteiger partial charge is 0.267 e. The van der Waals surface area contributed by atoms with Gasteiger partial charge in [-0.05, 0) is 30.3 Å². The molecule has 29 heavy (non-hydrogen) atoms. The number of non-ortho nitro benzene ring substituents is 1. The van der Waals surface area contributed by atoms with Crippen LogP contribution < -0.4 is 11.0 Å². The summed E-state index contributed by atoms with van der Waals surface area (Å²) in [5.41, 5.74) is 2.23. The molecule has 0 unspecified atom stereocenters. The van der Waals surface area contributed by atoms with Crippen LogP contribution in [-0.4, -0.2) is 30.3 Å². The predicted octanol–water partition coefficient (Wildman–Crippen LogP) is 2.01. The van der Waals surface area contributed by atoms with Crippen LogP contribution in [-0.2, 0) is 0 Å². The maximum Gasteiger partial charge on any atom is 0.283 e. The summed E-state index contributed by atoms with van der Waals surface area (Å²) in [7, 11) is 0. The van der Waals surface area contributed by atoms with Crippen molar-refractivity contribution in [2.75, 3.05) is 5.43 Å². The maximum absolute atomic E-state index is 13.1. The van der Waals surface area contributed by atoms with E-state index in [-0.39, 0.29) is 22.3 Å². The van der Waals surface area contributed by atoms with Crippen molar-refractivity contribution in [3.8, 4) is 5.69 Å². The summed E-state index contributed by atoms with van der Waals surface area (Å²) in [5, 5.41) is 15.1. The number of nitrogens with zero attached hydrogens (tertiary/aromatic N) is 5. The minimum Gasteiger partial charge on any atom is -0.267 e. The monoisotopic (exact) mass is 394 g/mol. The van der Waals surface area contributed by atoms with E-state index in [9.17, 15) is 24.1 Å². The third kappa shape index (κ3) is 3.32. The first-order valence-electron chi connectivity index (χ1n) is 8.21. The molecule has 0 radical (unpaired) electrons. The Hall–Kier alpha value is -4.41. The number of benzene rings is 2. The first kappa shape index (κ1) is 18.0. The number of nitro groups is 1. The van der Waals surface area contributed by atoms with Crippen LogP contribution in [0.4, 0.5) is 10.1 Å². The Labute approximate surface area is 161 Å². The van der Waals surface area contributed by atoms with E-state index in [0.29, 0.717) is 5.69 Å². The van der Waals surface area contributed by atoms with Gasteiger partial charge < -0.3 is 0 Å². The molecule has 0 saturated carbocycles. The highest BCUT2D eigenvalue weighted by Crippen LogP contribution is 2.15. The second kappa shape index (κ2) is 6.96. The summed E-state index contributed by atoms with van der Waals surface area (Å²) in [6.07, 6.45) is 2.38.